The van der Waals surface area contributed by atoms with Crippen LogP contribution in [0.3, 0.4) is 0 Å². The molecule has 0 saturated heterocycles. The van der Waals surface area contributed by atoms with Crippen LogP contribution in [0.25, 0.3) is 0 Å². The van der Waals surface area contributed by atoms with Crippen LogP contribution in [-0.4, -0.2) is 8.42 Å². The van der Waals surface area contributed by atoms with Crippen LogP contribution in [0.2, 0.25) is 0 Å². The summed E-state index contributed by atoms with van der Waals surface area (Å²) < 4.78 is 28.7. The Bertz CT molecular complexity index is 963. The maximum atomic E-state index is 12.9. The molecule has 1 atom stereocenters. The van der Waals surface area contributed by atoms with Crippen LogP contribution in [0.1, 0.15) is 34.7 Å². The van der Waals surface area contributed by atoms with E-state index in [9.17, 15) is 8.42 Å². The van der Waals surface area contributed by atoms with E-state index < -0.39 is 10.0 Å². The lowest BCUT2D eigenvalue weighted by Crippen LogP contribution is -2.29. The van der Waals surface area contributed by atoms with E-state index in [1.165, 1.54) is 5.56 Å². The lowest BCUT2D eigenvalue weighted by Gasteiger charge is -2.20. The highest BCUT2D eigenvalue weighted by Gasteiger charge is 2.21. The van der Waals surface area contributed by atoms with E-state index in [4.69, 9.17) is 0 Å². The fraction of sp³-hybridized carbons (Fsp3) is 0.217. The van der Waals surface area contributed by atoms with Gasteiger partial charge in [0.05, 0.1) is 4.90 Å². The maximum absolute atomic E-state index is 12.9. The largest absolute Gasteiger partial charge is 0.241 e. The van der Waals surface area contributed by atoms with Gasteiger partial charge in [0.2, 0.25) is 10.0 Å². The van der Waals surface area contributed by atoms with Gasteiger partial charge in [0.1, 0.15) is 0 Å². The monoisotopic (exact) mass is 379 g/mol. The molecule has 0 bridgehead atoms. The lowest BCUT2D eigenvalue weighted by molar-refractivity contribution is 0.539. The summed E-state index contributed by atoms with van der Waals surface area (Å²) in [4.78, 5) is 0.296. The van der Waals surface area contributed by atoms with Crippen molar-refractivity contribution in [1.29, 1.82) is 0 Å². The molecule has 0 fully saturated rings. The summed E-state index contributed by atoms with van der Waals surface area (Å²) in [5.74, 6) is 0. The molecule has 1 N–H and O–H groups in total. The third kappa shape index (κ3) is 5.28. The molecule has 0 aliphatic carbocycles. The van der Waals surface area contributed by atoms with Crippen molar-refractivity contribution < 1.29 is 8.42 Å². The molecule has 140 valence electrons. The smallest absolute Gasteiger partial charge is 0.207 e. The molecule has 0 spiro atoms. The number of hydrogen-bond donors (Lipinski definition) is 1. The van der Waals surface area contributed by atoms with E-state index in [1.807, 2.05) is 68.4 Å². The fourth-order valence-corrected chi connectivity index (χ4v) is 4.28. The van der Waals surface area contributed by atoms with E-state index in [0.717, 1.165) is 23.1 Å². The molecule has 3 aromatic carbocycles. The van der Waals surface area contributed by atoms with Crippen LogP contribution in [0, 0.1) is 13.8 Å². The molecule has 0 saturated carbocycles. The minimum atomic E-state index is -3.59. The van der Waals surface area contributed by atoms with Crippen LogP contribution in [0.15, 0.2) is 83.8 Å². The van der Waals surface area contributed by atoms with Crippen molar-refractivity contribution in [3.8, 4) is 0 Å². The topological polar surface area (TPSA) is 46.2 Å². The predicted octanol–water partition coefficient (Wildman–Crippen LogP) is 4.96. The van der Waals surface area contributed by atoms with Crippen molar-refractivity contribution in [1.82, 2.24) is 4.72 Å². The van der Waals surface area contributed by atoms with Crippen LogP contribution < -0.4 is 4.72 Å². The number of benzene rings is 3. The highest BCUT2D eigenvalue weighted by Crippen LogP contribution is 2.23. The molecule has 0 heterocycles. The maximum Gasteiger partial charge on any atom is 0.241 e. The fourth-order valence-electron chi connectivity index (χ4n) is 3.02. The van der Waals surface area contributed by atoms with Crippen molar-refractivity contribution in [2.45, 2.75) is 37.6 Å². The average molecular weight is 380 g/mol. The van der Waals surface area contributed by atoms with Gasteiger partial charge in [-0.2, -0.15) is 0 Å². The number of hydrogen-bond acceptors (Lipinski definition) is 2. The van der Waals surface area contributed by atoms with Crippen molar-refractivity contribution in [2.24, 2.45) is 0 Å². The summed E-state index contributed by atoms with van der Waals surface area (Å²) in [6.07, 6.45) is 1.49. The van der Waals surface area contributed by atoms with Gasteiger partial charge in [0.25, 0.3) is 0 Å². The van der Waals surface area contributed by atoms with Crippen molar-refractivity contribution >= 4 is 10.0 Å². The zero-order valence-electron chi connectivity index (χ0n) is 15.7. The van der Waals surface area contributed by atoms with E-state index in [-0.39, 0.29) is 6.04 Å². The molecule has 1 unspecified atom stereocenters. The first-order valence-electron chi connectivity index (χ1n) is 9.13. The van der Waals surface area contributed by atoms with Crippen molar-refractivity contribution in [3.63, 3.8) is 0 Å². The minimum absolute atomic E-state index is 0.280. The second-order valence-corrected chi connectivity index (χ2v) is 8.64. The molecule has 3 nitrogen and oxygen atoms in total. The minimum Gasteiger partial charge on any atom is -0.207 e. The Balaban J connectivity index is 1.84. The van der Waals surface area contributed by atoms with Crippen molar-refractivity contribution in [3.05, 3.63) is 101 Å². The quantitative estimate of drug-likeness (QED) is 0.631. The molecule has 27 heavy (non-hydrogen) atoms. The third-order valence-corrected chi connectivity index (χ3v) is 6.16. The van der Waals surface area contributed by atoms with Crippen LogP contribution in [0.4, 0.5) is 0 Å². The Kier molecular flexibility index (Phi) is 6.09. The molecule has 0 aromatic heterocycles. The molecule has 3 rings (SSSR count). The molecule has 0 aliphatic heterocycles. The van der Waals surface area contributed by atoms with Gasteiger partial charge in [0, 0.05) is 6.04 Å². The number of nitrogens with one attached hydrogen (secondary N) is 1. The van der Waals surface area contributed by atoms with Crippen LogP contribution >= 0.6 is 0 Å². The average Bonchev–Trinajstić information content (AvgIpc) is 2.67. The highest BCUT2D eigenvalue weighted by molar-refractivity contribution is 7.89. The molecule has 0 amide bonds. The standard InChI is InChI=1S/C23H25NO2S/c1-18-8-13-21(14-9-18)23(17-12-20-6-4-3-5-7-20)24-27(25,26)22-15-10-19(2)11-16-22/h3-11,13-16,23-24H,12,17H2,1-2H3. The Morgan fingerprint density at radius 2 is 1.33 bits per heavy atom. The zero-order valence-corrected chi connectivity index (χ0v) is 16.5. The summed E-state index contributed by atoms with van der Waals surface area (Å²) in [6.45, 7) is 3.97. The third-order valence-electron chi connectivity index (χ3n) is 4.67. The number of sulfonamides is 1. The Morgan fingerprint density at radius 3 is 1.93 bits per heavy atom. The second kappa shape index (κ2) is 8.51. The lowest BCUT2D eigenvalue weighted by atomic mass is 9.99. The first-order chi connectivity index (χ1) is 12.9. The molecule has 4 heteroatoms. The Hall–Kier alpha value is -2.43. The first kappa shape index (κ1) is 19.3. The highest BCUT2D eigenvalue weighted by atomic mass is 32.2. The first-order valence-corrected chi connectivity index (χ1v) is 10.6. The predicted molar refractivity (Wildman–Crippen MR) is 110 cm³/mol. The van der Waals surface area contributed by atoms with Gasteiger partial charge in [0.15, 0.2) is 0 Å². The Labute approximate surface area is 162 Å². The van der Waals surface area contributed by atoms with Gasteiger partial charge in [-0.05, 0) is 49.9 Å². The normalized spacial score (nSPS) is 12.7. The molecule has 0 radical (unpaired) electrons. The van der Waals surface area contributed by atoms with Crippen LogP contribution in [0.5, 0.6) is 0 Å². The second-order valence-electron chi connectivity index (χ2n) is 6.92. The summed E-state index contributed by atoms with van der Waals surface area (Å²) in [5, 5.41) is 0. The van der Waals surface area contributed by atoms with Gasteiger partial charge in [-0.15, -0.1) is 0 Å². The molecule has 3 aromatic rings. The summed E-state index contributed by atoms with van der Waals surface area (Å²) >= 11 is 0. The number of rotatable bonds is 7. The SMILES string of the molecule is Cc1ccc(C(CCc2ccccc2)NS(=O)(=O)c2ccc(C)cc2)cc1. The summed E-state index contributed by atoms with van der Waals surface area (Å²) in [5.41, 5.74) is 4.37. The molecule has 0 aliphatic rings. The Morgan fingerprint density at radius 1 is 0.778 bits per heavy atom. The van der Waals surface area contributed by atoms with Gasteiger partial charge in [-0.1, -0.05) is 77.9 Å². The van der Waals surface area contributed by atoms with Crippen LogP contribution in [-0.2, 0) is 16.4 Å². The van der Waals surface area contributed by atoms with E-state index in [2.05, 4.69) is 16.9 Å². The molecular formula is C23H25NO2S. The number of aryl methyl sites for hydroxylation is 3. The van der Waals surface area contributed by atoms with E-state index in [1.54, 1.807) is 12.1 Å². The van der Waals surface area contributed by atoms with Gasteiger partial charge in [-0.3, -0.25) is 0 Å². The van der Waals surface area contributed by atoms with Gasteiger partial charge in [-0.25, -0.2) is 13.1 Å². The molecular weight excluding hydrogens is 354 g/mol. The van der Waals surface area contributed by atoms with Gasteiger partial charge >= 0.3 is 0 Å². The van der Waals surface area contributed by atoms with Gasteiger partial charge < -0.3 is 0 Å². The van der Waals surface area contributed by atoms with Crippen molar-refractivity contribution in [2.75, 3.05) is 0 Å². The van der Waals surface area contributed by atoms with E-state index >= 15 is 0 Å². The zero-order chi connectivity index (χ0) is 19.3. The summed E-state index contributed by atoms with van der Waals surface area (Å²) in [6, 6.07) is 24.8. The van der Waals surface area contributed by atoms with E-state index in [0.29, 0.717) is 11.3 Å². The summed E-state index contributed by atoms with van der Waals surface area (Å²) in [7, 11) is -3.59.